The van der Waals surface area contributed by atoms with Crippen LogP contribution in [0.4, 0.5) is 5.69 Å². The topological polar surface area (TPSA) is 88.0 Å². The maximum Gasteiger partial charge on any atom is 0.341 e. The average molecular weight is 382 g/mol. The van der Waals surface area contributed by atoms with Gasteiger partial charge in [0.05, 0.1) is 10.6 Å². The second kappa shape index (κ2) is 8.09. The van der Waals surface area contributed by atoms with Crippen molar-refractivity contribution in [3.8, 4) is 5.75 Å². The fourth-order valence-electron chi connectivity index (χ4n) is 2.44. The Balaban J connectivity index is 1.85. The molecular weight excluding hydrogens is 364 g/mol. The second-order valence-corrected chi connectivity index (χ2v) is 7.02. The standard InChI is InChI=1S/C20H18N2O4S/c1-12-7-8-13(2)15(9-12)21-20-22-19(25)17(27-20)10-14-5-3-4-6-16(14)26-11-18(23)24/h3-10H,11H2,1-2H3,(H,23,24)(H,21,22,25)/b17-10+. The zero-order valence-electron chi connectivity index (χ0n) is 14.9. The molecule has 0 bridgehead atoms. The Labute approximate surface area is 161 Å². The summed E-state index contributed by atoms with van der Waals surface area (Å²) in [6.45, 7) is 3.51. The largest absolute Gasteiger partial charge is 0.481 e. The Morgan fingerprint density at radius 2 is 2.04 bits per heavy atom. The highest BCUT2D eigenvalue weighted by Crippen LogP contribution is 2.31. The van der Waals surface area contributed by atoms with Crippen LogP contribution in [-0.4, -0.2) is 28.8 Å². The van der Waals surface area contributed by atoms with E-state index in [1.54, 1.807) is 30.3 Å². The van der Waals surface area contributed by atoms with Crippen molar-refractivity contribution in [3.63, 3.8) is 0 Å². The van der Waals surface area contributed by atoms with Crippen molar-refractivity contribution in [3.05, 3.63) is 64.1 Å². The third-order valence-electron chi connectivity index (χ3n) is 3.79. The van der Waals surface area contributed by atoms with Gasteiger partial charge < -0.3 is 15.2 Å². The number of aliphatic carboxylic acids is 1. The molecule has 1 aliphatic rings. The molecular formula is C20H18N2O4S. The van der Waals surface area contributed by atoms with E-state index in [4.69, 9.17) is 9.84 Å². The number of thioether (sulfide) groups is 1. The number of carbonyl (C=O) groups is 2. The van der Waals surface area contributed by atoms with Crippen LogP contribution in [0, 0.1) is 13.8 Å². The highest BCUT2D eigenvalue weighted by Gasteiger charge is 2.24. The summed E-state index contributed by atoms with van der Waals surface area (Å²) < 4.78 is 5.28. The summed E-state index contributed by atoms with van der Waals surface area (Å²) in [5.74, 6) is -0.911. The van der Waals surface area contributed by atoms with Gasteiger partial charge in [-0.05, 0) is 54.9 Å². The van der Waals surface area contributed by atoms with Crippen LogP contribution in [0.15, 0.2) is 52.4 Å². The Bertz CT molecular complexity index is 966. The van der Waals surface area contributed by atoms with Gasteiger partial charge in [0.1, 0.15) is 5.75 Å². The Morgan fingerprint density at radius 3 is 2.81 bits per heavy atom. The fourth-order valence-corrected chi connectivity index (χ4v) is 3.27. The van der Waals surface area contributed by atoms with Crippen LogP contribution >= 0.6 is 11.8 Å². The maximum atomic E-state index is 12.3. The number of para-hydroxylation sites is 1. The molecule has 0 atom stereocenters. The molecule has 7 heteroatoms. The van der Waals surface area contributed by atoms with Crippen molar-refractivity contribution in [2.75, 3.05) is 6.61 Å². The molecule has 2 N–H and O–H groups in total. The Hall–Kier alpha value is -3.06. The lowest BCUT2D eigenvalue weighted by Crippen LogP contribution is -2.19. The second-order valence-electron chi connectivity index (χ2n) is 5.99. The van der Waals surface area contributed by atoms with E-state index in [2.05, 4.69) is 10.3 Å². The van der Waals surface area contributed by atoms with Gasteiger partial charge in [0.25, 0.3) is 5.91 Å². The van der Waals surface area contributed by atoms with Gasteiger partial charge >= 0.3 is 5.97 Å². The number of amidine groups is 1. The van der Waals surface area contributed by atoms with E-state index < -0.39 is 12.6 Å². The Morgan fingerprint density at radius 1 is 1.26 bits per heavy atom. The average Bonchev–Trinajstić information content (AvgIpc) is 2.96. The van der Waals surface area contributed by atoms with Crippen molar-refractivity contribution in [1.82, 2.24) is 5.32 Å². The van der Waals surface area contributed by atoms with E-state index >= 15 is 0 Å². The third-order valence-corrected chi connectivity index (χ3v) is 4.70. The van der Waals surface area contributed by atoms with Gasteiger partial charge in [-0.25, -0.2) is 9.79 Å². The van der Waals surface area contributed by atoms with Crippen LogP contribution in [0.25, 0.3) is 6.08 Å². The monoisotopic (exact) mass is 382 g/mol. The maximum absolute atomic E-state index is 12.3. The van der Waals surface area contributed by atoms with E-state index in [0.717, 1.165) is 16.8 Å². The van der Waals surface area contributed by atoms with Crippen LogP contribution in [-0.2, 0) is 9.59 Å². The molecule has 0 unspecified atom stereocenters. The summed E-state index contributed by atoms with van der Waals surface area (Å²) in [6.07, 6.45) is 1.67. The van der Waals surface area contributed by atoms with Gasteiger partial charge in [-0.2, -0.15) is 0 Å². The molecule has 0 aromatic heterocycles. The molecule has 1 heterocycles. The van der Waals surface area contributed by atoms with Crippen molar-refractivity contribution >= 4 is 40.6 Å². The van der Waals surface area contributed by atoms with Crippen molar-refractivity contribution in [1.29, 1.82) is 0 Å². The molecule has 2 aromatic rings. The zero-order valence-corrected chi connectivity index (χ0v) is 15.7. The molecule has 138 valence electrons. The first-order valence-electron chi connectivity index (χ1n) is 8.23. The summed E-state index contributed by atoms with van der Waals surface area (Å²) in [4.78, 5) is 28.0. The molecule has 2 aromatic carbocycles. The number of carboxylic acids is 1. The highest BCUT2D eigenvalue weighted by molar-refractivity contribution is 8.18. The van der Waals surface area contributed by atoms with E-state index in [1.165, 1.54) is 11.8 Å². The van der Waals surface area contributed by atoms with Crippen LogP contribution in [0.5, 0.6) is 5.75 Å². The predicted octanol–water partition coefficient (Wildman–Crippen LogP) is 3.66. The van der Waals surface area contributed by atoms with E-state index in [0.29, 0.717) is 21.4 Å². The number of aliphatic imine (C=N–C) groups is 1. The molecule has 0 saturated carbocycles. The van der Waals surface area contributed by atoms with E-state index in [-0.39, 0.29) is 5.91 Å². The summed E-state index contributed by atoms with van der Waals surface area (Å²) in [5, 5.41) is 12.0. The van der Waals surface area contributed by atoms with Crippen molar-refractivity contribution < 1.29 is 19.4 Å². The van der Waals surface area contributed by atoms with Gasteiger partial charge in [-0.3, -0.25) is 4.79 Å². The lowest BCUT2D eigenvalue weighted by Gasteiger charge is -2.06. The van der Waals surface area contributed by atoms with Crippen LogP contribution in [0.1, 0.15) is 16.7 Å². The molecule has 1 amide bonds. The van der Waals surface area contributed by atoms with Crippen LogP contribution in [0.3, 0.4) is 0 Å². The molecule has 0 radical (unpaired) electrons. The molecule has 0 aliphatic carbocycles. The minimum atomic E-state index is -1.06. The van der Waals surface area contributed by atoms with Gasteiger partial charge in [0.2, 0.25) is 0 Å². The first-order chi connectivity index (χ1) is 12.9. The minimum Gasteiger partial charge on any atom is -0.481 e. The van der Waals surface area contributed by atoms with Crippen molar-refractivity contribution in [2.24, 2.45) is 4.99 Å². The molecule has 27 heavy (non-hydrogen) atoms. The predicted molar refractivity (Wildman–Crippen MR) is 106 cm³/mol. The van der Waals surface area contributed by atoms with E-state index in [9.17, 15) is 9.59 Å². The number of benzene rings is 2. The number of aryl methyl sites for hydroxylation is 2. The van der Waals surface area contributed by atoms with Gasteiger partial charge in [-0.15, -0.1) is 0 Å². The molecule has 0 spiro atoms. The summed E-state index contributed by atoms with van der Waals surface area (Å²) >= 11 is 1.23. The quantitative estimate of drug-likeness (QED) is 0.771. The molecule has 3 rings (SSSR count). The van der Waals surface area contributed by atoms with Gasteiger partial charge in [0.15, 0.2) is 11.8 Å². The normalized spacial score (nSPS) is 16.6. The van der Waals surface area contributed by atoms with Crippen LogP contribution in [0.2, 0.25) is 0 Å². The van der Waals surface area contributed by atoms with E-state index in [1.807, 2.05) is 32.0 Å². The lowest BCUT2D eigenvalue weighted by atomic mass is 10.1. The Kier molecular flexibility index (Phi) is 5.61. The number of hydrogen-bond donors (Lipinski definition) is 2. The van der Waals surface area contributed by atoms with Crippen LogP contribution < -0.4 is 10.1 Å². The number of nitrogens with one attached hydrogen (secondary N) is 1. The lowest BCUT2D eigenvalue weighted by molar-refractivity contribution is -0.139. The van der Waals surface area contributed by atoms with Gasteiger partial charge in [-0.1, -0.05) is 30.3 Å². The SMILES string of the molecule is Cc1ccc(C)c(N=C2NC(=O)/C(=C\c3ccccc3OCC(=O)O)S2)c1. The van der Waals surface area contributed by atoms with Crippen molar-refractivity contribution in [2.45, 2.75) is 13.8 Å². The molecule has 1 fully saturated rings. The fraction of sp³-hybridized carbons (Fsp3) is 0.150. The first-order valence-corrected chi connectivity index (χ1v) is 9.04. The number of carboxylic acid groups (broad SMARTS) is 1. The number of rotatable bonds is 5. The number of nitrogens with zero attached hydrogens (tertiary/aromatic N) is 1. The zero-order chi connectivity index (χ0) is 19.4. The highest BCUT2D eigenvalue weighted by atomic mass is 32.2. The third kappa shape index (κ3) is 4.77. The molecule has 1 saturated heterocycles. The summed E-state index contributed by atoms with van der Waals surface area (Å²) in [7, 11) is 0. The van der Waals surface area contributed by atoms with Gasteiger partial charge in [0, 0.05) is 5.56 Å². The number of carbonyl (C=O) groups excluding carboxylic acids is 1. The summed E-state index contributed by atoms with van der Waals surface area (Å²) in [6, 6.07) is 12.9. The molecule has 6 nitrogen and oxygen atoms in total. The number of hydrogen-bond acceptors (Lipinski definition) is 5. The smallest absolute Gasteiger partial charge is 0.341 e. The number of ether oxygens (including phenoxy) is 1. The number of amides is 1. The summed E-state index contributed by atoms with van der Waals surface area (Å²) in [5.41, 5.74) is 3.55. The first kappa shape index (κ1) is 18.7. The minimum absolute atomic E-state index is 0.253. The molecule has 1 aliphatic heterocycles.